The van der Waals surface area contributed by atoms with Crippen LogP contribution in [0.15, 0.2) is 24.3 Å². The minimum absolute atomic E-state index is 0.00280. The van der Waals surface area contributed by atoms with Crippen molar-refractivity contribution >= 4 is 29.1 Å². The van der Waals surface area contributed by atoms with Crippen molar-refractivity contribution in [3.8, 4) is 0 Å². The maximum atomic E-state index is 12.4. The Labute approximate surface area is 148 Å². The second kappa shape index (κ2) is 7.68. The number of amides is 3. The Balaban J connectivity index is 1.47. The molecule has 1 saturated carbocycles. The second-order valence-corrected chi connectivity index (χ2v) is 6.98. The third-order valence-electron chi connectivity index (χ3n) is 5.10. The first-order valence-electron chi connectivity index (χ1n) is 9.00. The number of nitrogens with one attached hydrogen (secondary N) is 2. The molecule has 0 spiro atoms. The highest BCUT2D eigenvalue weighted by molar-refractivity contribution is 5.93. The van der Waals surface area contributed by atoms with Gasteiger partial charge in [0.25, 0.3) is 0 Å². The Morgan fingerprint density at radius 1 is 0.880 bits per heavy atom. The zero-order chi connectivity index (χ0) is 17.8. The number of carbonyl (C=O) groups is 3. The number of carbonyl (C=O) groups excluding carboxylic acids is 3. The molecule has 3 amide bonds. The van der Waals surface area contributed by atoms with E-state index >= 15 is 0 Å². The van der Waals surface area contributed by atoms with E-state index < -0.39 is 0 Å². The molecule has 2 aliphatic rings. The molecule has 6 nitrogen and oxygen atoms in total. The summed E-state index contributed by atoms with van der Waals surface area (Å²) in [6.45, 7) is 2.81. The van der Waals surface area contributed by atoms with Gasteiger partial charge in [-0.05, 0) is 49.9 Å². The number of likely N-dealkylation sites (tertiary alicyclic amines) is 1. The predicted octanol–water partition coefficient (Wildman–Crippen LogP) is 2.62. The zero-order valence-corrected chi connectivity index (χ0v) is 14.6. The highest BCUT2D eigenvalue weighted by Gasteiger charge is 2.33. The number of anilines is 2. The Morgan fingerprint density at radius 3 is 1.92 bits per heavy atom. The molecule has 0 atom stereocenters. The molecule has 0 aromatic heterocycles. The van der Waals surface area contributed by atoms with Gasteiger partial charge in [-0.25, -0.2) is 0 Å². The van der Waals surface area contributed by atoms with Crippen molar-refractivity contribution in [2.75, 3.05) is 23.7 Å². The average molecular weight is 343 g/mol. The van der Waals surface area contributed by atoms with E-state index in [4.69, 9.17) is 0 Å². The van der Waals surface area contributed by atoms with Gasteiger partial charge in [-0.1, -0.05) is 6.42 Å². The van der Waals surface area contributed by atoms with Crippen molar-refractivity contribution in [1.82, 2.24) is 4.90 Å². The Morgan fingerprint density at radius 2 is 1.44 bits per heavy atom. The fourth-order valence-corrected chi connectivity index (χ4v) is 3.36. The van der Waals surface area contributed by atoms with Crippen LogP contribution in [-0.2, 0) is 14.4 Å². The summed E-state index contributed by atoms with van der Waals surface area (Å²) in [6.07, 6.45) is 4.64. The minimum atomic E-state index is -0.125. The van der Waals surface area contributed by atoms with Crippen LogP contribution in [0.5, 0.6) is 0 Å². The molecule has 2 fully saturated rings. The lowest BCUT2D eigenvalue weighted by Gasteiger charge is -2.36. The molecule has 1 aromatic carbocycles. The molecule has 1 aliphatic carbocycles. The first-order valence-corrected chi connectivity index (χ1v) is 9.00. The molecular formula is C19H25N3O3. The van der Waals surface area contributed by atoms with Crippen LogP contribution in [0.4, 0.5) is 11.4 Å². The van der Waals surface area contributed by atoms with Crippen LogP contribution in [0, 0.1) is 11.8 Å². The van der Waals surface area contributed by atoms with Crippen LogP contribution < -0.4 is 10.6 Å². The zero-order valence-electron chi connectivity index (χ0n) is 14.6. The van der Waals surface area contributed by atoms with Gasteiger partial charge in [-0.3, -0.25) is 14.4 Å². The second-order valence-electron chi connectivity index (χ2n) is 6.98. The van der Waals surface area contributed by atoms with Crippen LogP contribution in [0.2, 0.25) is 0 Å². The van der Waals surface area contributed by atoms with E-state index in [0.717, 1.165) is 19.3 Å². The van der Waals surface area contributed by atoms with Crippen molar-refractivity contribution < 1.29 is 14.4 Å². The summed E-state index contributed by atoms with van der Waals surface area (Å²) in [5, 5.41) is 5.62. The van der Waals surface area contributed by atoms with Crippen molar-refractivity contribution in [2.45, 2.75) is 39.0 Å². The molecule has 1 aromatic rings. The lowest BCUT2D eigenvalue weighted by Crippen LogP contribution is -2.45. The Bertz CT molecular complexity index is 644. The summed E-state index contributed by atoms with van der Waals surface area (Å²) < 4.78 is 0. The number of benzene rings is 1. The third-order valence-corrected chi connectivity index (χ3v) is 5.10. The maximum absolute atomic E-state index is 12.4. The van der Waals surface area contributed by atoms with Gasteiger partial charge in [-0.15, -0.1) is 0 Å². The number of piperidine rings is 1. The molecular weight excluding hydrogens is 318 g/mol. The molecule has 6 heteroatoms. The van der Waals surface area contributed by atoms with Gasteiger partial charge in [0.15, 0.2) is 0 Å². The summed E-state index contributed by atoms with van der Waals surface area (Å²) in [5.74, 6) is 0.328. The first-order chi connectivity index (χ1) is 12.0. The Hall–Kier alpha value is -2.37. The molecule has 134 valence electrons. The van der Waals surface area contributed by atoms with E-state index in [1.54, 1.807) is 24.3 Å². The molecule has 1 heterocycles. The summed E-state index contributed by atoms with van der Waals surface area (Å²) in [4.78, 5) is 37.6. The Kier molecular flexibility index (Phi) is 5.36. The summed E-state index contributed by atoms with van der Waals surface area (Å²) >= 11 is 0. The monoisotopic (exact) mass is 343 g/mol. The fourth-order valence-electron chi connectivity index (χ4n) is 3.36. The number of nitrogens with zero attached hydrogens (tertiary/aromatic N) is 1. The van der Waals surface area contributed by atoms with Gasteiger partial charge in [0.05, 0.1) is 0 Å². The SMILES string of the molecule is CC(=O)Nc1ccc(NC(=O)C2CCN(C(=O)C3CCC3)CC2)cc1. The van der Waals surface area contributed by atoms with Gasteiger partial charge in [0.1, 0.15) is 0 Å². The highest BCUT2D eigenvalue weighted by atomic mass is 16.2. The molecule has 2 N–H and O–H groups in total. The van der Waals surface area contributed by atoms with E-state index in [9.17, 15) is 14.4 Å². The van der Waals surface area contributed by atoms with Crippen LogP contribution >= 0.6 is 0 Å². The number of hydrogen-bond acceptors (Lipinski definition) is 3. The quantitative estimate of drug-likeness (QED) is 0.882. The van der Waals surface area contributed by atoms with Gasteiger partial charge in [0, 0.05) is 43.2 Å². The summed E-state index contributed by atoms with van der Waals surface area (Å²) in [6, 6.07) is 7.07. The largest absolute Gasteiger partial charge is 0.342 e. The lowest BCUT2D eigenvalue weighted by molar-refractivity contribution is -0.140. The average Bonchev–Trinajstić information content (AvgIpc) is 2.54. The van der Waals surface area contributed by atoms with Crippen molar-refractivity contribution in [1.29, 1.82) is 0 Å². The number of hydrogen-bond donors (Lipinski definition) is 2. The number of rotatable bonds is 4. The highest BCUT2D eigenvalue weighted by Crippen LogP contribution is 2.30. The normalized spacial score (nSPS) is 18.4. The van der Waals surface area contributed by atoms with Crippen LogP contribution in [0.25, 0.3) is 0 Å². The van der Waals surface area contributed by atoms with Gasteiger partial charge < -0.3 is 15.5 Å². The lowest BCUT2D eigenvalue weighted by atomic mass is 9.83. The fraction of sp³-hybridized carbons (Fsp3) is 0.526. The van der Waals surface area contributed by atoms with E-state index in [0.29, 0.717) is 37.3 Å². The topological polar surface area (TPSA) is 78.5 Å². The molecule has 0 unspecified atom stereocenters. The van der Waals surface area contributed by atoms with Gasteiger partial charge in [0.2, 0.25) is 17.7 Å². The van der Waals surface area contributed by atoms with Crippen LogP contribution in [0.3, 0.4) is 0 Å². The maximum Gasteiger partial charge on any atom is 0.227 e. The molecule has 0 radical (unpaired) electrons. The molecule has 3 rings (SSSR count). The molecule has 1 saturated heterocycles. The van der Waals surface area contributed by atoms with Crippen LogP contribution in [0.1, 0.15) is 39.0 Å². The molecule has 0 bridgehead atoms. The third kappa shape index (κ3) is 4.38. The van der Waals surface area contributed by atoms with Gasteiger partial charge in [-0.2, -0.15) is 0 Å². The van der Waals surface area contributed by atoms with Crippen molar-refractivity contribution in [3.63, 3.8) is 0 Å². The predicted molar refractivity (Wildman–Crippen MR) is 96.0 cm³/mol. The van der Waals surface area contributed by atoms with E-state index in [1.165, 1.54) is 6.92 Å². The molecule has 1 aliphatic heterocycles. The van der Waals surface area contributed by atoms with E-state index in [1.807, 2.05) is 4.90 Å². The molecule has 25 heavy (non-hydrogen) atoms. The van der Waals surface area contributed by atoms with Crippen molar-refractivity contribution in [2.24, 2.45) is 11.8 Å². The van der Waals surface area contributed by atoms with E-state index in [-0.39, 0.29) is 29.6 Å². The smallest absolute Gasteiger partial charge is 0.227 e. The minimum Gasteiger partial charge on any atom is -0.342 e. The summed E-state index contributed by atoms with van der Waals surface area (Å²) in [7, 11) is 0. The van der Waals surface area contributed by atoms with Crippen molar-refractivity contribution in [3.05, 3.63) is 24.3 Å². The first kappa shape index (κ1) is 17.5. The van der Waals surface area contributed by atoms with Crippen LogP contribution in [-0.4, -0.2) is 35.7 Å². The summed E-state index contributed by atoms with van der Waals surface area (Å²) in [5.41, 5.74) is 1.42. The van der Waals surface area contributed by atoms with E-state index in [2.05, 4.69) is 10.6 Å². The standard InChI is InChI=1S/C19H25N3O3/c1-13(23)20-16-5-7-17(8-6-16)21-18(24)14-9-11-22(12-10-14)19(25)15-3-2-4-15/h5-8,14-15H,2-4,9-12H2,1H3,(H,20,23)(H,21,24). The van der Waals surface area contributed by atoms with Gasteiger partial charge >= 0.3 is 0 Å².